The molecule has 14 atom stereocenters. The van der Waals surface area contributed by atoms with Crippen LogP contribution in [0.5, 0.6) is 0 Å². The minimum Gasteiger partial charge on any atom is -0.481 e. The molecule has 426 valence electrons. The summed E-state index contributed by atoms with van der Waals surface area (Å²) in [5, 5.41) is 69.1. The van der Waals surface area contributed by atoms with Gasteiger partial charge < -0.3 is 99.5 Å². The number of alkyl carbamates (subject to hydrolysis) is 5. The standard InChI is InChI=1S/C47H81N5O22/c1-43(2,3)70-38(60)48-20-26-25(53)19-24(51-41(63)73-46(10,11)12)36(66-26)68-34-22(49-39(61)71-44(4,5)6)18-23(50-40(62)72-45(7,8)9)35(33(34)59)69-37-32(58)30(52-42(64)74-47(13,14)15)31(57)27(67-37)21-65-29(56)17-16-28(54)55/h22-27,30-37,53,57-59H,16-21H2,1-15H3,(H,48,60)(H,49,61)(H,50,62)(H,51,63)(H,52,64)(H,54,55)/t22-,23?,24?,25-,26+,27?,30?,31+,32?,33?,34?,35-,36+,37+/m0/s1. The minimum absolute atomic E-state index is 0.293. The summed E-state index contributed by atoms with van der Waals surface area (Å²) >= 11 is 0. The van der Waals surface area contributed by atoms with E-state index in [0.29, 0.717) is 0 Å². The van der Waals surface area contributed by atoms with Gasteiger partial charge >= 0.3 is 42.4 Å². The van der Waals surface area contributed by atoms with Crippen LogP contribution in [0.1, 0.15) is 130 Å². The Kier molecular flexibility index (Phi) is 21.9. The van der Waals surface area contributed by atoms with Crippen molar-refractivity contribution in [2.45, 2.75) is 243 Å². The average Bonchev–Trinajstić information content (AvgIpc) is 3.18. The van der Waals surface area contributed by atoms with Crippen LogP contribution in [0.15, 0.2) is 0 Å². The molecule has 0 radical (unpaired) electrons. The van der Waals surface area contributed by atoms with E-state index in [2.05, 4.69) is 26.6 Å². The lowest BCUT2D eigenvalue weighted by atomic mass is 9.83. The van der Waals surface area contributed by atoms with Crippen molar-refractivity contribution in [1.29, 1.82) is 0 Å². The number of ether oxygens (including phenoxy) is 10. The highest BCUT2D eigenvalue weighted by Crippen LogP contribution is 2.34. The van der Waals surface area contributed by atoms with E-state index >= 15 is 0 Å². The fourth-order valence-electron chi connectivity index (χ4n) is 7.60. The fraction of sp³-hybridized carbons (Fsp3) is 0.851. The number of amides is 5. The summed E-state index contributed by atoms with van der Waals surface area (Å²) in [5.74, 6) is -2.30. The van der Waals surface area contributed by atoms with Crippen LogP contribution in [-0.2, 0) is 57.0 Å². The van der Waals surface area contributed by atoms with Crippen LogP contribution >= 0.6 is 0 Å². The predicted octanol–water partition coefficient (Wildman–Crippen LogP) is 1.95. The molecule has 27 nitrogen and oxygen atoms in total. The van der Waals surface area contributed by atoms with Crippen LogP contribution in [0, 0.1) is 0 Å². The number of hydrogen-bond donors (Lipinski definition) is 10. The van der Waals surface area contributed by atoms with Gasteiger partial charge in [-0.25, -0.2) is 24.0 Å². The number of carbonyl (C=O) groups excluding carboxylic acids is 6. The van der Waals surface area contributed by atoms with Crippen molar-refractivity contribution in [3.8, 4) is 0 Å². The van der Waals surface area contributed by atoms with Crippen LogP contribution in [0.4, 0.5) is 24.0 Å². The van der Waals surface area contributed by atoms with Crippen molar-refractivity contribution in [2.75, 3.05) is 13.2 Å². The fourth-order valence-corrected chi connectivity index (χ4v) is 7.60. The first-order chi connectivity index (χ1) is 33.7. The molecule has 1 aliphatic carbocycles. The maximum Gasteiger partial charge on any atom is 0.408 e. The Hall–Kier alpha value is -5.03. The zero-order chi connectivity index (χ0) is 56.5. The molecule has 1 saturated carbocycles. The van der Waals surface area contributed by atoms with E-state index in [-0.39, 0.29) is 13.0 Å². The van der Waals surface area contributed by atoms with Gasteiger partial charge in [-0.3, -0.25) is 9.59 Å². The average molecular weight is 1070 g/mol. The van der Waals surface area contributed by atoms with Gasteiger partial charge in [0.1, 0.15) is 77.3 Å². The van der Waals surface area contributed by atoms with E-state index in [0.717, 1.165) is 0 Å². The Morgan fingerprint density at radius 2 is 0.892 bits per heavy atom. The normalized spacial score (nSPS) is 29.8. The van der Waals surface area contributed by atoms with Crippen molar-refractivity contribution in [1.82, 2.24) is 26.6 Å². The van der Waals surface area contributed by atoms with Crippen molar-refractivity contribution >= 4 is 42.4 Å². The third kappa shape index (κ3) is 22.0. The second-order valence-electron chi connectivity index (χ2n) is 23.2. The monoisotopic (exact) mass is 1070 g/mol. The van der Waals surface area contributed by atoms with Gasteiger partial charge in [0.25, 0.3) is 0 Å². The number of rotatable bonds is 15. The summed E-state index contributed by atoms with van der Waals surface area (Å²) in [5.41, 5.74) is -5.09. The Morgan fingerprint density at radius 3 is 1.34 bits per heavy atom. The third-order valence-corrected chi connectivity index (χ3v) is 10.4. The van der Waals surface area contributed by atoms with E-state index < -0.39 is 182 Å². The zero-order valence-corrected chi connectivity index (χ0v) is 45.0. The van der Waals surface area contributed by atoms with Gasteiger partial charge in [-0.05, 0) is 110 Å². The molecular formula is C47H81N5O22. The first-order valence-electron chi connectivity index (χ1n) is 24.4. The molecule has 0 bridgehead atoms. The second kappa shape index (κ2) is 25.7. The number of carbonyl (C=O) groups is 7. The van der Waals surface area contributed by atoms with E-state index in [4.69, 9.17) is 52.5 Å². The van der Waals surface area contributed by atoms with Crippen molar-refractivity contribution in [2.24, 2.45) is 0 Å². The topological polar surface area (TPSA) is 373 Å². The number of carboxylic acid groups (broad SMARTS) is 1. The van der Waals surface area contributed by atoms with Crippen LogP contribution in [0.2, 0.25) is 0 Å². The Labute approximate surface area is 430 Å². The number of esters is 1. The summed E-state index contributed by atoms with van der Waals surface area (Å²) in [6, 6.07) is -5.77. The Morgan fingerprint density at radius 1 is 0.486 bits per heavy atom. The van der Waals surface area contributed by atoms with Gasteiger partial charge in [-0.15, -0.1) is 0 Å². The lowest BCUT2D eigenvalue weighted by Gasteiger charge is -2.49. The quantitative estimate of drug-likeness (QED) is 0.0827. The number of aliphatic hydroxyl groups is 4. The molecule has 5 amide bonds. The molecule has 3 fully saturated rings. The van der Waals surface area contributed by atoms with Crippen LogP contribution in [0.25, 0.3) is 0 Å². The molecule has 3 aliphatic rings. The SMILES string of the molecule is CC(C)(C)OC(=O)NC[C@H]1O[C@H](OC2C(O)[C@@H](O[C@H]3OC(COC(=O)CCC(=O)O)[C@@H](O)C(NC(=O)OC(C)(C)C)C3O)C(NC(=O)OC(C)(C)C)C[C@@H]2NC(=O)OC(C)(C)C)C(NC(=O)OC(C)(C)C)C[C@@H]1O. The van der Waals surface area contributed by atoms with Crippen molar-refractivity contribution in [3.05, 3.63) is 0 Å². The van der Waals surface area contributed by atoms with Crippen molar-refractivity contribution < 1.29 is 106 Å². The predicted molar refractivity (Wildman–Crippen MR) is 255 cm³/mol. The lowest BCUT2D eigenvalue weighted by molar-refractivity contribution is -0.318. The third-order valence-electron chi connectivity index (χ3n) is 10.4. The molecule has 7 unspecified atom stereocenters. The number of nitrogens with one attached hydrogen (secondary N) is 5. The molecule has 10 N–H and O–H groups in total. The van der Waals surface area contributed by atoms with Gasteiger partial charge in [0.2, 0.25) is 0 Å². The molecule has 74 heavy (non-hydrogen) atoms. The summed E-state index contributed by atoms with van der Waals surface area (Å²) < 4.78 is 57.5. The second-order valence-corrected chi connectivity index (χ2v) is 23.2. The molecule has 27 heteroatoms. The molecule has 0 spiro atoms. The number of aliphatic carboxylic acids is 1. The number of hydrogen-bond acceptors (Lipinski definition) is 21. The molecule has 2 saturated heterocycles. The molecule has 0 aromatic heterocycles. The molecule has 0 aromatic carbocycles. The van der Waals surface area contributed by atoms with Crippen LogP contribution in [0.3, 0.4) is 0 Å². The summed E-state index contributed by atoms with van der Waals surface area (Å²) in [6.45, 7) is 22.8. The highest BCUT2D eigenvalue weighted by molar-refractivity contribution is 5.76. The van der Waals surface area contributed by atoms with Gasteiger partial charge in [0.15, 0.2) is 12.6 Å². The van der Waals surface area contributed by atoms with E-state index in [1.54, 1.807) is 104 Å². The molecule has 2 aliphatic heterocycles. The number of aliphatic hydroxyl groups excluding tert-OH is 4. The lowest BCUT2D eigenvalue weighted by Crippen LogP contribution is -2.70. The first kappa shape index (κ1) is 63.3. The summed E-state index contributed by atoms with van der Waals surface area (Å²) in [6.07, 6.45) is -24.2. The van der Waals surface area contributed by atoms with Crippen LogP contribution < -0.4 is 26.6 Å². The van der Waals surface area contributed by atoms with E-state index in [9.17, 15) is 54.0 Å². The minimum atomic E-state index is -2.05. The molecular weight excluding hydrogens is 987 g/mol. The van der Waals surface area contributed by atoms with Crippen LogP contribution in [-0.4, -0.2) is 195 Å². The maximum atomic E-state index is 13.6. The summed E-state index contributed by atoms with van der Waals surface area (Å²) in [7, 11) is 0. The smallest absolute Gasteiger partial charge is 0.408 e. The highest BCUT2D eigenvalue weighted by atomic mass is 16.7. The maximum absolute atomic E-state index is 13.6. The highest BCUT2D eigenvalue weighted by Gasteiger charge is 2.54. The largest absolute Gasteiger partial charge is 0.481 e. The van der Waals surface area contributed by atoms with Gasteiger partial charge in [0.05, 0.1) is 43.1 Å². The van der Waals surface area contributed by atoms with E-state index in [1.807, 2.05) is 0 Å². The molecule has 0 aromatic rings. The Balaban J connectivity index is 2.19. The molecule has 3 rings (SSSR count). The van der Waals surface area contributed by atoms with Gasteiger partial charge in [0, 0.05) is 13.0 Å². The van der Waals surface area contributed by atoms with Gasteiger partial charge in [-0.2, -0.15) is 0 Å². The molecule has 2 heterocycles. The van der Waals surface area contributed by atoms with Crippen molar-refractivity contribution in [3.63, 3.8) is 0 Å². The number of carboxylic acids is 1. The Bertz CT molecular complexity index is 1920. The summed E-state index contributed by atoms with van der Waals surface area (Å²) in [4.78, 5) is 89.9. The van der Waals surface area contributed by atoms with Gasteiger partial charge in [-0.1, -0.05) is 0 Å². The first-order valence-corrected chi connectivity index (χ1v) is 24.4. The van der Waals surface area contributed by atoms with E-state index in [1.165, 1.54) is 0 Å². The zero-order valence-electron chi connectivity index (χ0n) is 45.0.